The predicted molar refractivity (Wildman–Crippen MR) is 297 cm³/mol. The molecule has 0 radical (unpaired) electrons. The molecule has 3 unspecified atom stereocenters. The summed E-state index contributed by atoms with van der Waals surface area (Å²) < 4.78 is 30.4. The number of nitro groups is 2. The summed E-state index contributed by atoms with van der Waals surface area (Å²) in [7, 11) is 5.56. The molecule has 0 bridgehead atoms. The number of hydrogen-bond acceptors (Lipinski definition) is 22. The second-order valence-corrected chi connectivity index (χ2v) is 16.3. The number of halogens is 1. The predicted octanol–water partition coefficient (Wildman–Crippen LogP) is 2.88. The summed E-state index contributed by atoms with van der Waals surface area (Å²) in [6.45, 7) is 1.24. The lowest BCUT2D eigenvalue weighted by atomic mass is 10.1. The number of aliphatic hydroxyl groups is 1. The fraction of sp³-hybridized carbons (Fsp3) is 0.551. The van der Waals surface area contributed by atoms with Crippen LogP contribution in [0.3, 0.4) is 0 Å². The molecule has 0 fully saturated rings. The monoisotopic (exact) mass is 1180 g/mol. The summed E-state index contributed by atoms with van der Waals surface area (Å²) in [5, 5.41) is 87.7. The lowest BCUT2D eigenvalue weighted by molar-refractivity contribution is -0.384. The molecule has 0 aliphatic rings. The molecule has 0 aromatic heterocycles. The van der Waals surface area contributed by atoms with Crippen LogP contribution >= 0.6 is 0 Å². The Morgan fingerprint density at radius 1 is 0.756 bits per heavy atom. The number of aldehydes is 1. The molecule has 0 aliphatic carbocycles. The van der Waals surface area contributed by atoms with Gasteiger partial charge in [-0.1, -0.05) is 12.8 Å². The Morgan fingerprint density at radius 3 is 1.61 bits per heavy atom. The minimum absolute atomic E-state index is 0.0481. The van der Waals surface area contributed by atoms with Gasteiger partial charge in [0.25, 0.3) is 17.8 Å². The van der Waals surface area contributed by atoms with Crippen LogP contribution in [0, 0.1) is 20.2 Å². The highest BCUT2D eigenvalue weighted by atomic mass is 19.1. The van der Waals surface area contributed by atoms with Crippen molar-refractivity contribution in [2.45, 2.75) is 102 Å². The van der Waals surface area contributed by atoms with E-state index >= 15 is 0 Å². The summed E-state index contributed by atoms with van der Waals surface area (Å²) in [4.78, 5) is 102. The van der Waals surface area contributed by atoms with E-state index in [2.05, 4.69) is 31.9 Å². The molecule has 0 saturated heterocycles. The molecule has 2 aromatic rings. The third-order valence-corrected chi connectivity index (χ3v) is 9.87. The first-order valence-corrected chi connectivity index (χ1v) is 25.1. The molecule has 82 heavy (non-hydrogen) atoms. The standard InChI is InChI=1S/C32H46FN7O10.C7H14N2O3.C6H11NO4.C2H5NO.CH2O2.CH4O/c33-13-16-38(35)20-24(34)21-48-27(22-49-25-9-11-30(39(44)45)28(18-25)36-14-5-1-2-7-17-41)23-50-26-10-12-31(40(46)47)29(19-26)37-15-6-3-4-8-32(42)43;1-5(3-4-6(10)11)9-7(12)8-2;1-7-4(6(10)11)2-3-5(8)9;1-3-2-4;2-1-3;1-2/h9-12,17-20,27,36-37H,1-8,13-16,21-23,34-35H2,(H,42,43);5H,3-4H2,1-2H3,(H,10,11)(H2,8,9,12);4,7H,2-3H2,1H3,(H,8,9)(H,10,11);2H,1H3,(H,3,4);1H,(H,2,3);2H,1H3/b24-20-;;;;;. The number of nitrogens with one attached hydrogen (secondary N) is 6. The minimum Gasteiger partial charge on any atom is -0.491 e. The van der Waals surface area contributed by atoms with Gasteiger partial charge in [0.2, 0.25) is 6.41 Å². The summed E-state index contributed by atoms with van der Waals surface area (Å²) in [6, 6.07) is 7.30. The van der Waals surface area contributed by atoms with Crippen molar-refractivity contribution in [1.82, 2.24) is 26.3 Å². The first-order valence-electron chi connectivity index (χ1n) is 25.1. The normalized spacial score (nSPS) is 11.0. The number of carboxylic acids is 4. The van der Waals surface area contributed by atoms with Crippen molar-refractivity contribution in [2.75, 3.05) is 85.0 Å². The van der Waals surface area contributed by atoms with Crippen molar-refractivity contribution in [3.63, 3.8) is 0 Å². The van der Waals surface area contributed by atoms with Gasteiger partial charge >= 0.3 is 29.9 Å². The molecular weight excluding hydrogens is 1100 g/mol. The maximum absolute atomic E-state index is 12.6. The number of aliphatic hydroxyl groups excluding tert-OH is 1. The Labute approximate surface area is 473 Å². The number of likely N-dealkylation sites (N-methyl/N-ethyl adjacent to an activating group) is 1. The third-order valence-electron chi connectivity index (χ3n) is 9.87. The van der Waals surface area contributed by atoms with Crippen molar-refractivity contribution in [3.05, 3.63) is 68.5 Å². The van der Waals surface area contributed by atoms with Gasteiger partial charge in [-0.15, -0.1) is 0 Å². The molecule has 2 rings (SSSR count). The molecule has 3 amide bonds. The smallest absolute Gasteiger partial charge is 0.320 e. The van der Waals surface area contributed by atoms with Crippen LogP contribution in [0.2, 0.25) is 0 Å². The zero-order valence-electron chi connectivity index (χ0n) is 46.6. The maximum atomic E-state index is 12.6. The minimum atomic E-state index is -1.02. The Hall–Kier alpha value is -8.69. The van der Waals surface area contributed by atoms with Gasteiger partial charge in [-0.3, -0.25) is 49.0 Å². The fourth-order valence-corrected chi connectivity index (χ4v) is 5.88. The number of aliphatic carboxylic acids is 4. The van der Waals surface area contributed by atoms with Crippen LogP contribution in [0.15, 0.2) is 48.3 Å². The molecule has 3 atom stereocenters. The zero-order chi connectivity index (χ0) is 63.3. The van der Waals surface area contributed by atoms with E-state index in [9.17, 15) is 53.4 Å². The highest BCUT2D eigenvalue weighted by Gasteiger charge is 2.20. The SMILES string of the molecule is CNC(=O)NC(C)CCC(=O)O.CNC(CCC(=O)O)C(=O)O.CNC=O.CO.N/C(=C\N(N)CCF)COC(COc1ccc([N+](=O)[O-])c(NCCCCCC=O)c1)COc1ccc([N+](=O)[O-])c(NCCCCCC(=O)O)c1.O=CO. The summed E-state index contributed by atoms with van der Waals surface area (Å²) >= 11 is 0. The topological polar surface area (TPSA) is 499 Å². The van der Waals surface area contributed by atoms with Crippen molar-refractivity contribution >= 4 is 71.8 Å². The number of anilines is 2. The number of alkyl halides is 1. The number of nitrogens with zero attached hydrogens (tertiary/aromatic N) is 3. The second-order valence-electron chi connectivity index (χ2n) is 16.3. The van der Waals surface area contributed by atoms with E-state index in [0.717, 1.165) is 31.2 Å². The van der Waals surface area contributed by atoms with E-state index in [-0.39, 0.29) is 105 Å². The number of carbonyl (C=O) groups is 8. The van der Waals surface area contributed by atoms with E-state index in [1.807, 2.05) is 0 Å². The van der Waals surface area contributed by atoms with Crippen LogP contribution in [0.25, 0.3) is 0 Å². The number of amides is 3. The summed E-state index contributed by atoms with van der Waals surface area (Å²) in [5.41, 5.74) is 6.35. The quantitative estimate of drug-likeness (QED) is 0.0151. The van der Waals surface area contributed by atoms with E-state index in [4.69, 9.17) is 66.0 Å². The van der Waals surface area contributed by atoms with Crippen LogP contribution in [0.1, 0.15) is 84.0 Å². The Balaban J connectivity index is -0.000000768. The average Bonchev–Trinajstić information content (AvgIpc) is 3.55. The summed E-state index contributed by atoms with van der Waals surface area (Å²) in [5.74, 6) is 2.54. The molecule has 33 heteroatoms. The van der Waals surface area contributed by atoms with Crippen LogP contribution in [-0.2, 0) is 38.3 Å². The van der Waals surface area contributed by atoms with Crippen molar-refractivity contribution < 1.29 is 97.4 Å². The van der Waals surface area contributed by atoms with E-state index in [0.29, 0.717) is 63.8 Å². The first kappa shape index (κ1) is 79.8. The average molecular weight is 1180 g/mol. The number of nitrogens with two attached hydrogens (primary N) is 2. The van der Waals surface area contributed by atoms with Gasteiger partial charge in [0.15, 0.2) is 0 Å². The number of nitro benzene ring substituents is 2. The van der Waals surface area contributed by atoms with E-state index in [1.165, 1.54) is 56.7 Å². The lowest BCUT2D eigenvalue weighted by Crippen LogP contribution is -2.39. The lowest BCUT2D eigenvalue weighted by Gasteiger charge is -2.21. The number of hydrazine groups is 1. The van der Waals surface area contributed by atoms with Crippen LogP contribution in [-0.4, -0.2) is 187 Å². The van der Waals surface area contributed by atoms with Gasteiger partial charge in [0, 0.05) is 96.5 Å². The van der Waals surface area contributed by atoms with Crippen LogP contribution in [0.4, 0.5) is 31.9 Å². The van der Waals surface area contributed by atoms with Gasteiger partial charge in [0.1, 0.15) is 61.2 Å². The largest absolute Gasteiger partial charge is 0.491 e. The molecule has 32 nitrogen and oxygen atoms in total. The Bertz CT molecular complexity index is 2180. The number of urea groups is 1. The number of carbonyl (C=O) groups excluding carboxylic acids is 3. The number of carboxylic acid groups (broad SMARTS) is 5. The van der Waals surface area contributed by atoms with Crippen LogP contribution < -0.4 is 53.0 Å². The van der Waals surface area contributed by atoms with Gasteiger partial charge in [-0.05, 0) is 64.6 Å². The Morgan fingerprint density at radius 2 is 1.22 bits per heavy atom. The molecule has 16 N–H and O–H groups in total. The molecule has 0 saturated carbocycles. The number of ether oxygens (including phenoxy) is 3. The van der Waals surface area contributed by atoms with Gasteiger partial charge < -0.3 is 92.3 Å². The summed E-state index contributed by atoms with van der Waals surface area (Å²) in [6.07, 6.45) is 6.97. The molecular formula is C49H82FN11O21. The molecule has 0 heterocycles. The van der Waals surface area contributed by atoms with Crippen molar-refractivity contribution in [3.8, 4) is 11.5 Å². The maximum Gasteiger partial charge on any atom is 0.320 e. The third kappa shape index (κ3) is 46.2. The van der Waals surface area contributed by atoms with E-state index < -0.39 is 52.5 Å². The highest BCUT2D eigenvalue weighted by molar-refractivity contribution is 5.75. The zero-order valence-corrected chi connectivity index (χ0v) is 46.6. The number of hydrogen-bond donors (Lipinski definition) is 14. The van der Waals surface area contributed by atoms with Gasteiger partial charge in [-0.25, -0.2) is 15.0 Å². The Kier molecular flexibility index (Phi) is 51.6. The van der Waals surface area contributed by atoms with E-state index in [1.54, 1.807) is 14.0 Å². The number of rotatable bonds is 38. The molecule has 0 spiro atoms. The number of unbranched alkanes of at least 4 members (excludes halogenated alkanes) is 5. The molecule has 0 aliphatic heterocycles. The second kappa shape index (κ2) is 53.0. The van der Waals surface area contributed by atoms with Crippen molar-refractivity contribution in [2.24, 2.45) is 11.6 Å². The number of benzene rings is 2. The van der Waals surface area contributed by atoms with Crippen LogP contribution in [0.5, 0.6) is 11.5 Å². The fourth-order valence-electron chi connectivity index (χ4n) is 5.88. The van der Waals surface area contributed by atoms with Crippen molar-refractivity contribution in [1.29, 1.82) is 0 Å². The van der Waals surface area contributed by atoms with Gasteiger partial charge in [0.05, 0.1) is 28.7 Å². The molecule has 2 aromatic carbocycles. The first-order chi connectivity index (χ1) is 39.0. The van der Waals surface area contributed by atoms with Gasteiger partial charge in [-0.2, -0.15) is 0 Å². The highest BCUT2D eigenvalue weighted by Crippen LogP contribution is 2.31. The molecule has 466 valence electrons.